The minimum atomic E-state index is -0.766. The molecule has 2 heterocycles. The van der Waals surface area contributed by atoms with Gasteiger partial charge in [0.25, 0.3) is 5.56 Å². The number of benzene rings is 1. The van der Waals surface area contributed by atoms with Crippen molar-refractivity contribution < 1.29 is 14.3 Å². The topological polar surface area (TPSA) is 82.8 Å². The minimum Gasteiger partial charge on any atom is -0.479 e. The van der Waals surface area contributed by atoms with E-state index >= 15 is 0 Å². The molecule has 7 nitrogen and oxygen atoms in total. The molecule has 0 saturated heterocycles. The van der Waals surface area contributed by atoms with E-state index in [9.17, 15) is 9.59 Å². The van der Waals surface area contributed by atoms with Crippen LogP contribution in [0, 0.1) is 0 Å². The molecule has 0 spiro atoms. The Hall–Kier alpha value is -2.74. The Bertz CT molecular complexity index is 965. The van der Waals surface area contributed by atoms with Crippen LogP contribution in [0.5, 0.6) is 5.75 Å². The molecule has 0 amide bonds. The summed E-state index contributed by atoms with van der Waals surface area (Å²) in [6.45, 7) is 5.51. The molecule has 26 heavy (non-hydrogen) atoms. The predicted octanol–water partition coefficient (Wildman–Crippen LogP) is 2.79. The summed E-state index contributed by atoms with van der Waals surface area (Å²) in [5, 5.41) is 5.08. The second-order valence-electron chi connectivity index (χ2n) is 6.06. The number of rotatable bonds is 6. The number of nitrogens with zero attached hydrogens (tertiary/aromatic N) is 3. The van der Waals surface area contributed by atoms with Crippen LogP contribution in [0.3, 0.4) is 0 Å². The number of hydrogen-bond donors (Lipinski definition) is 0. The SMILES string of the molecule is CC(C)c1nn2c(=O)cc(COC(=O)[C@@H](C)Oc3ccccc3)nc2s1. The van der Waals surface area contributed by atoms with Crippen molar-refractivity contribution in [1.29, 1.82) is 0 Å². The van der Waals surface area contributed by atoms with Gasteiger partial charge in [0.1, 0.15) is 17.4 Å². The molecule has 0 aliphatic carbocycles. The fourth-order valence-corrected chi connectivity index (χ4v) is 3.12. The molecule has 3 rings (SSSR count). The van der Waals surface area contributed by atoms with Crippen molar-refractivity contribution in [2.45, 2.75) is 39.4 Å². The van der Waals surface area contributed by atoms with Gasteiger partial charge in [-0.25, -0.2) is 9.78 Å². The van der Waals surface area contributed by atoms with Gasteiger partial charge in [0.2, 0.25) is 4.96 Å². The fraction of sp³-hybridized carbons (Fsp3) is 0.333. The molecule has 0 radical (unpaired) electrons. The molecule has 2 aromatic heterocycles. The van der Waals surface area contributed by atoms with Gasteiger partial charge in [0, 0.05) is 12.0 Å². The zero-order valence-electron chi connectivity index (χ0n) is 14.7. The highest BCUT2D eigenvalue weighted by molar-refractivity contribution is 7.16. The van der Waals surface area contributed by atoms with E-state index in [0.29, 0.717) is 16.4 Å². The summed E-state index contributed by atoms with van der Waals surface area (Å²) in [5.74, 6) is 0.266. The lowest BCUT2D eigenvalue weighted by Crippen LogP contribution is -2.26. The lowest BCUT2D eigenvalue weighted by molar-refractivity contribution is -0.152. The first-order chi connectivity index (χ1) is 12.4. The maximum Gasteiger partial charge on any atom is 0.347 e. The summed E-state index contributed by atoms with van der Waals surface area (Å²) in [5.41, 5.74) is 0.0898. The second-order valence-corrected chi connectivity index (χ2v) is 7.04. The maximum atomic E-state index is 12.2. The van der Waals surface area contributed by atoms with Crippen LogP contribution in [-0.2, 0) is 16.1 Å². The highest BCUT2D eigenvalue weighted by Gasteiger charge is 2.17. The van der Waals surface area contributed by atoms with Crippen LogP contribution >= 0.6 is 11.3 Å². The molecule has 0 aliphatic heterocycles. The molecule has 0 unspecified atom stereocenters. The molecule has 0 saturated carbocycles. The Morgan fingerprint density at radius 1 is 1.23 bits per heavy atom. The molecule has 1 atom stereocenters. The Morgan fingerprint density at radius 2 is 1.96 bits per heavy atom. The number of esters is 1. The van der Waals surface area contributed by atoms with Gasteiger partial charge < -0.3 is 9.47 Å². The number of fused-ring (bicyclic) bond motifs is 1. The monoisotopic (exact) mass is 373 g/mol. The van der Waals surface area contributed by atoms with E-state index in [1.54, 1.807) is 19.1 Å². The van der Waals surface area contributed by atoms with Crippen LogP contribution in [0.4, 0.5) is 0 Å². The molecule has 0 bridgehead atoms. The van der Waals surface area contributed by atoms with Crippen molar-refractivity contribution in [2.24, 2.45) is 0 Å². The van der Waals surface area contributed by atoms with Crippen molar-refractivity contribution >= 4 is 22.3 Å². The van der Waals surface area contributed by atoms with Crippen LogP contribution in [0.15, 0.2) is 41.2 Å². The van der Waals surface area contributed by atoms with E-state index in [-0.39, 0.29) is 18.1 Å². The first-order valence-electron chi connectivity index (χ1n) is 8.22. The van der Waals surface area contributed by atoms with Gasteiger partial charge in [-0.05, 0) is 19.1 Å². The molecular formula is C18H19N3O4S. The Kier molecular flexibility index (Phi) is 5.32. The standard InChI is InChI=1S/C18H19N3O4S/c1-11(2)16-20-21-15(22)9-13(19-18(21)26-16)10-24-17(23)12(3)25-14-7-5-4-6-8-14/h4-9,11-12H,10H2,1-3H3/t12-/m1/s1. The number of ether oxygens (including phenoxy) is 2. The van der Waals surface area contributed by atoms with E-state index in [0.717, 1.165) is 5.01 Å². The summed E-state index contributed by atoms with van der Waals surface area (Å²) < 4.78 is 12.0. The third-order valence-electron chi connectivity index (χ3n) is 3.56. The lowest BCUT2D eigenvalue weighted by Gasteiger charge is -2.13. The Morgan fingerprint density at radius 3 is 2.65 bits per heavy atom. The van der Waals surface area contributed by atoms with Crippen LogP contribution in [0.2, 0.25) is 0 Å². The van der Waals surface area contributed by atoms with Gasteiger partial charge in [0.05, 0.1) is 5.69 Å². The van der Waals surface area contributed by atoms with Crippen molar-refractivity contribution in [2.75, 3.05) is 0 Å². The molecule has 1 aromatic carbocycles. The van der Waals surface area contributed by atoms with Crippen LogP contribution in [0.1, 0.15) is 37.4 Å². The van der Waals surface area contributed by atoms with E-state index in [1.807, 2.05) is 32.0 Å². The highest BCUT2D eigenvalue weighted by Crippen LogP contribution is 2.20. The average Bonchev–Trinajstić information content (AvgIpc) is 3.05. The number of para-hydroxylation sites is 1. The highest BCUT2D eigenvalue weighted by atomic mass is 32.1. The molecular weight excluding hydrogens is 354 g/mol. The molecule has 0 aliphatic rings. The largest absolute Gasteiger partial charge is 0.479 e. The van der Waals surface area contributed by atoms with Crippen LogP contribution in [0.25, 0.3) is 4.96 Å². The predicted molar refractivity (Wildman–Crippen MR) is 97.6 cm³/mol. The second kappa shape index (κ2) is 7.65. The van der Waals surface area contributed by atoms with E-state index in [4.69, 9.17) is 9.47 Å². The first-order valence-corrected chi connectivity index (χ1v) is 9.03. The Balaban J connectivity index is 1.67. The van der Waals surface area contributed by atoms with E-state index < -0.39 is 12.1 Å². The smallest absolute Gasteiger partial charge is 0.347 e. The quantitative estimate of drug-likeness (QED) is 0.618. The summed E-state index contributed by atoms with van der Waals surface area (Å²) >= 11 is 1.35. The van der Waals surface area contributed by atoms with Crippen LogP contribution in [-0.4, -0.2) is 26.7 Å². The van der Waals surface area contributed by atoms with Crippen molar-refractivity contribution in [3.8, 4) is 5.75 Å². The summed E-state index contributed by atoms with van der Waals surface area (Å²) in [6, 6.07) is 10.3. The molecule has 136 valence electrons. The van der Waals surface area contributed by atoms with Crippen LogP contribution < -0.4 is 10.3 Å². The zero-order valence-corrected chi connectivity index (χ0v) is 15.5. The molecule has 0 fully saturated rings. The fourth-order valence-electron chi connectivity index (χ4n) is 2.19. The van der Waals surface area contributed by atoms with Crippen molar-refractivity contribution in [1.82, 2.24) is 14.6 Å². The summed E-state index contributed by atoms with van der Waals surface area (Å²) in [7, 11) is 0. The number of hydrogen-bond acceptors (Lipinski definition) is 7. The van der Waals surface area contributed by atoms with Crippen molar-refractivity contribution in [3.63, 3.8) is 0 Å². The maximum absolute atomic E-state index is 12.2. The number of carbonyl (C=O) groups is 1. The first kappa shape index (κ1) is 18.1. The summed E-state index contributed by atoms with van der Waals surface area (Å²) in [6.07, 6.45) is -0.766. The van der Waals surface area contributed by atoms with Gasteiger partial charge in [-0.15, -0.1) is 0 Å². The van der Waals surface area contributed by atoms with Gasteiger partial charge in [-0.1, -0.05) is 43.4 Å². The number of aromatic nitrogens is 3. The zero-order chi connectivity index (χ0) is 18.7. The molecule has 8 heteroatoms. The number of carbonyl (C=O) groups excluding carboxylic acids is 1. The van der Waals surface area contributed by atoms with Gasteiger partial charge in [-0.2, -0.15) is 9.61 Å². The molecule has 0 N–H and O–H groups in total. The minimum absolute atomic E-state index is 0.0953. The Labute approximate surface area is 154 Å². The van der Waals surface area contributed by atoms with E-state index in [2.05, 4.69) is 10.1 Å². The van der Waals surface area contributed by atoms with Gasteiger partial charge >= 0.3 is 5.97 Å². The normalized spacial score (nSPS) is 12.3. The van der Waals surface area contributed by atoms with Crippen molar-refractivity contribution in [3.05, 3.63) is 57.5 Å². The van der Waals surface area contributed by atoms with E-state index in [1.165, 1.54) is 21.9 Å². The van der Waals surface area contributed by atoms with Gasteiger partial charge in [-0.3, -0.25) is 4.79 Å². The third kappa shape index (κ3) is 4.08. The summed E-state index contributed by atoms with van der Waals surface area (Å²) in [4.78, 5) is 29.1. The third-order valence-corrected chi connectivity index (χ3v) is 4.77. The van der Waals surface area contributed by atoms with Gasteiger partial charge in [0.15, 0.2) is 6.10 Å². The molecule has 3 aromatic rings. The average molecular weight is 373 g/mol. The lowest BCUT2D eigenvalue weighted by atomic mass is 10.2.